The van der Waals surface area contributed by atoms with Gasteiger partial charge in [0, 0.05) is 13.1 Å². The Morgan fingerprint density at radius 1 is 1.33 bits per heavy atom. The van der Waals surface area contributed by atoms with E-state index in [4.69, 9.17) is 5.11 Å². The summed E-state index contributed by atoms with van der Waals surface area (Å²) < 4.78 is 0. The minimum Gasteiger partial charge on any atom is -0.480 e. The predicted molar refractivity (Wildman–Crippen MR) is 69.1 cm³/mol. The van der Waals surface area contributed by atoms with Crippen molar-refractivity contribution in [2.24, 2.45) is 5.92 Å². The lowest BCUT2D eigenvalue weighted by Gasteiger charge is -2.21. The van der Waals surface area contributed by atoms with Crippen LogP contribution in [0.2, 0.25) is 0 Å². The van der Waals surface area contributed by atoms with Gasteiger partial charge in [-0.05, 0) is 18.8 Å². The summed E-state index contributed by atoms with van der Waals surface area (Å²) in [4.78, 5) is 24.4. The van der Waals surface area contributed by atoms with Gasteiger partial charge >= 0.3 is 5.97 Å². The summed E-state index contributed by atoms with van der Waals surface area (Å²) in [6.07, 6.45) is 5.11. The van der Waals surface area contributed by atoms with Crippen LogP contribution in [0.4, 0.5) is 0 Å². The van der Waals surface area contributed by atoms with Crippen molar-refractivity contribution in [2.75, 3.05) is 19.6 Å². The van der Waals surface area contributed by atoms with Crippen molar-refractivity contribution >= 4 is 11.9 Å². The van der Waals surface area contributed by atoms with Crippen LogP contribution in [0.15, 0.2) is 25.3 Å². The molecule has 1 atom stereocenters. The van der Waals surface area contributed by atoms with Crippen LogP contribution in [-0.2, 0) is 9.59 Å². The molecule has 5 heteroatoms. The van der Waals surface area contributed by atoms with E-state index in [2.05, 4.69) is 18.5 Å². The zero-order valence-corrected chi connectivity index (χ0v) is 10.5. The second-order valence-electron chi connectivity index (χ2n) is 4.41. The first-order valence-corrected chi connectivity index (χ1v) is 6.06. The number of nitrogens with zero attached hydrogens (tertiary/aromatic N) is 1. The molecule has 0 aliphatic heterocycles. The molecule has 0 radical (unpaired) electrons. The smallest absolute Gasteiger partial charge is 0.320 e. The van der Waals surface area contributed by atoms with Gasteiger partial charge in [-0.3, -0.25) is 14.9 Å². The van der Waals surface area contributed by atoms with Crippen LogP contribution in [0, 0.1) is 5.92 Å². The third-order valence-electron chi connectivity index (χ3n) is 2.88. The van der Waals surface area contributed by atoms with Gasteiger partial charge in [0.2, 0.25) is 5.91 Å². The maximum Gasteiger partial charge on any atom is 0.320 e. The third-order valence-corrected chi connectivity index (χ3v) is 2.88. The maximum absolute atomic E-state index is 11.9. The standard InChI is InChI=1S/C13H20N2O3/c1-3-7-15(8-4-2)11(16)9-14-12(13(17)18)10-5-6-10/h3-4,10,12,14H,1-2,5-9H2,(H,17,18). The van der Waals surface area contributed by atoms with Crippen LogP contribution in [0.3, 0.4) is 0 Å². The van der Waals surface area contributed by atoms with Gasteiger partial charge in [-0.25, -0.2) is 0 Å². The Hall–Kier alpha value is -1.62. The number of carboxylic acids is 1. The molecule has 1 saturated carbocycles. The van der Waals surface area contributed by atoms with Crippen LogP contribution in [-0.4, -0.2) is 47.6 Å². The van der Waals surface area contributed by atoms with Crippen molar-refractivity contribution in [1.82, 2.24) is 10.2 Å². The molecule has 1 aliphatic rings. The van der Waals surface area contributed by atoms with E-state index in [1.165, 1.54) is 0 Å². The lowest BCUT2D eigenvalue weighted by atomic mass is 10.2. The summed E-state index contributed by atoms with van der Waals surface area (Å²) in [5.74, 6) is -0.853. The fraction of sp³-hybridized carbons (Fsp3) is 0.538. The molecule has 1 amide bonds. The van der Waals surface area contributed by atoms with E-state index in [0.717, 1.165) is 12.8 Å². The van der Waals surface area contributed by atoms with E-state index in [9.17, 15) is 9.59 Å². The molecule has 0 spiro atoms. The van der Waals surface area contributed by atoms with E-state index in [1.54, 1.807) is 17.1 Å². The quantitative estimate of drug-likeness (QED) is 0.591. The highest BCUT2D eigenvalue weighted by Crippen LogP contribution is 2.32. The van der Waals surface area contributed by atoms with Gasteiger partial charge in [0.15, 0.2) is 0 Å². The van der Waals surface area contributed by atoms with Gasteiger partial charge in [-0.1, -0.05) is 12.2 Å². The first kappa shape index (κ1) is 14.4. The molecule has 0 aromatic rings. The van der Waals surface area contributed by atoms with E-state index in [0.29, 0.717) is 13.1 Å². The SMILES string of the molecule is C=CCN(CC=C)C(=O)CNC(C(=O)O)C1CC1. The molecule has 18 heavy (non-hydrogen) atoms. The molecule has 0 heterocycles. The molecule has 100 valence electrons. The fourth-order valence-corrected chi connectivity index (χ4v) is 1.78. The second kappa shape index (κ2) is 6.96. The second-order valence-corrected chi connectivity index (χ2v) is 4.41. The molecule has 5 nitrogen and oxygen atoms in total. The lowest BCUT2D eigenvalue weighted by Crippen LogP contribution is -2.45. The molecular weight excluding hydrogens is 232 g/mol. The number of carbonyl (C=O) groups is 2. The highest BCUT2D eigenvalue weighted by atomic mass is 16.4. The van der Waals surface area contributed by atoms with Gasteiger partial charge in [0.05, 0.1) is 6.54 Å². The minimum atomic E-state index is -0.885. The van der Waals surface area contributed by atoms with E-state index in [1.807, 2.05) is 0 Å². The summed E-state index contributed by atoms with van der Waals surface area (Å²) >= 11 is 0. The van der Waals surface area contributed by atoms with E-state index in [-0.39, 0.29) is 18.4 Å². The molecular formula is C13H20N2O3. The molecule has 0 bridgehead atoms. The largest absolute Gasteiger partial charge is 0.480 e. The Morgan fingerprint density at radius 3 is 2.28 bits per heavy atom. The Bertz CT molecular complexity index is 327. The zero-order valence-electron chi connectivity index (χ0n) is 10.5. The fourth-order valence-electron chi connectivity index (χ4n) is 1.78. The van der Waals surface area contributed by atoms with Gasteiger partial charge in [0.25, 0.3) is 0 Å². The number of carboxylic acid groups (broad SMARTS) is 1. The van der Waals surface area contributed by atoms with E-state index < -0.39 is 12.0 Å². The van der Waals surface area contributed by atoms with E-state index >= 15 is 0 Å². The monoisotopic (exact) mass is 252 g/mol. The Labute approximate surface area is 107 Å². The topological polar surface area (TPSA) is 69.6 Å². The number of amides is 1. The van der Waals surface area contributed by atoms with Crippen LogP contribution >= 0.6 is 0 Å². The number of hydrogen-bond acceptors (Lipinski definition) is 3. The first-order valence-electron chi connectivity index (χ1n) is 6.06. The van der Waals surface area contributed by atoms with Gasteiger partial charge in [-0.2, -0.15) is 0 Å². The van der Waals surface area contributed by atoms with Crippen LogP contribution in [0.5, 0.6) is 0 Å². The van der Waals surface area contributed by atoms with Crippen molar-refractivity contribution in [1.29, 1.82) is 0 Å². The molecule has 1 unspecified atom stereocenters. The van der Waals surface area contributed by atoms with Crippen molar-refractivity contribution in [2.45, 2.75) is 18.9 Å². The minimum absolute atomic E-state index is 0.0369. The Morgan fingerprint density at radius 2 is 1.89 bits per heavy atom. The molecule has 1 rings (SSSR count). The third kappa shape index (κ3) is 4.33. The maximum atomic E-state index is 11.9. The first-order chi connectivity index (χ1) is 8.60. The van der Waals surface area contributed by atoms with Crippen LogP contribution in [0.1, 0.15) is 12.8 Å². The average Bonchev–Trinajstić information content (AvgIpc) is 3.12. The molecule has 1 fully saturated rings. The number of hydrogen-bond donors (Lipinski definition) is 2. The average molecular weight is 252 g/mol. The number of aliphatic carboxylic acids is 1. The number of nitrogens with one attached hydrogen (secondary N) is 1. The number of carbonyl (C=O) groups excluding carboxylic acids is 1. The molecule has 1 aliphatic carbocycles. The summed E-state index contributed by atoms with van der Waals surface area (Å²) in [7, 11) is 0. The highest BCUT2D eigenvalue weighted by Gasteiger charge is 2.36. The normalized spacial score (nSPS) is 15.8. The lowest BCUT2D eigenvalue weighted by molar-refractivity contribution is -0.140. The van der Waals surface area contributed by atoms with Crippen molar-refractivity contribution < 1.29 is 14.7 Å². The Balaban J connectivity index is 2.43. The molecule has 0 aromatic carbocycles. The highest BCUT2D eigenvalue weighted by molar-refractivity contribution is 5.80. The molecule has 0 saturated heterocycles. The summed E-state index contributed by atoms with van der Waals surface area (Å²) in [6, 6.07) is -0.608. The summed E-state index contributed by atoms with van der Waals surface area (Å²) in [6.45, 7) is 8.08. The Kier molecular flexibility index (Phi) is 5.58. The predicted octanol–water partition coefficient (Wildman–Crippen LogP) is 0.640. The molecule has 2 N–H and O–H groups in total. The number of rotatable bonds is 9. The summed E-state index contributed by atoms with van der Waals surface area (Å²) in [5, 5.41) is 11.8. The van der Waals surface area contributed by atoms with Crippen molar-refractivity contribution in [3.05, 3.63) is 25.3 Å². The van der Waals surface area contributed by atoms with Gasteiger partial charge in [-0.15, -0.1) is 13.2 Å². The zero-order chi connectivity index (χ0) is 13.5. The van der Waals surface area contributed by atoms with Crippen LogP contribution < -0.4 is 5.32 Å². The molecule has 0 aromatic heterocycles. The van der Waals surface area contributed by atoms with Crippen molar-refractivity contribution in [3.63, 3.8) is 0 Å². The van der Waals surface area contributed by atoms with Gasteiger partial charge in [0.1, 0.15) is 6.04 Å². The van der Waals surface area contributed by atoms with Crippen LogP contribution in [0.25, 0.3) is 0 Å². The van der Waals surface area contributed by atoms with Gasteiger partial charge < -0.3 is 10.0 Å². The summed E-state index contributed by atoms with van der Waals surface area (Å²) in [5.41, 5.74) is 0. The van der Waals surface area contributed by atoms with Crippen molar-refractivity contribution in [3.8, 4) is 0 Å².